The van der Waals surface area contributed by atoms with Crippen LogP contribution < -0.4 is 5.32 Å². The molecule has 1 aromatic carbocycles. The lowest BCUT2D eigenvalue weighted by Gasteiger charge is -2.29. The van der Waals surface area contributed by atoms with Crippen LogP contribution in [0, 0.1) is 20.8 Å². The van der Waals surface area contributed by atoms with Gasteiger partial charge in [0.25, 0.3) is 0 Å². The van der Waals surface area contributed by atoms with E-state index < -0.39 is 22.2 Å². The molecule has 12 heteroatoms. The van der Waals surface area contributed by atoms with Crippen LogP contribution >= 0.6 is 0 Å². The number of carboxylic acids is 1. The van der Waals surface area contributed by atoms with Crippen molar-refractivity contribution in [3.8, 4) is 0 Å². The van der Waals surface area contributed by atoms with Gasteiger partial charge in [-0.05, 0) is 56.4 Å². The van der Waals surface area contributed by atoms with Gasteiger partial charge < -0.3 is 15.3 Å². The summed E-state index contributed by atoms with van der Waals surface area (Å²) in [6.45, 7) is 9.04. The Balaban J connectivity index is 0.000000479. The predicted molar refractivity (Wildman–Crippen MR) is 115 cm³/mol. The van der Waals surface area contributed by atoms with Gasteiger partial charge in [-0.2, -0.15) is 17.5 Å². The van der Waals surface area contributed by atoms with E-state index in [-0.39, 0.29) is 24.9 Å². The lowest BCUT2D eigenvalue weighted by Crippen LogP contribution is -2.47. The van der Waals surface area contributed by atoms with Gasteiger partial charge in [-0.3, -0.25) is 4.79 Å². The van der Waals surface area contributed by atoms with Crippen molar-refractivity contribution in [1.29, 1.82) is 0 Å². The summed E-state index contributed by atoms with van der Waals surface area (Å²) >= 11 is 0. The maximum atomic E-state index is 13.3. The number of nitrogens with one attached hydrogen (secondary N) is 1. The molecular formula is C21H30F3N3O5S. The maximum Gasteiger partial charge on any atom is 0.490 e. The van der Waals surface area contributed by atoms with E-state index in [0.717, 1.165) is 42.6 Å². The molecule has 1 aliphatic carbocycles. The van der Waals surface area contributed by atoms with Crippen molar-refractivity contribution < 1.29 is 36.3 Å². The van der Waals surface area contributed by atoms with E-state index >= 15 is 0 Å². The van der Waals surface area contributed by atoms with E-state index in [4.69, 9.17) is 9.90 Å². The van der Waals surface area contributed by atoms with E-state index in [2.05, 4.69) is 5.32 Å². The monoisotopic (exact) mass is 493 g/mol. The van der Waals surface area contributed by atoms with Gasteiger partial charge in [-0.1, -0.05) is 6.07 Å². The number of benzene rings is 1. The molecular weight excluding hydrogens is 463 g/mol. The van der Waals surface area contributed by atoms with E-state index in [1.165, 1.54) is 0 Å². The first-order valence-electron chi connectivity index (χ1n) is 10.6. The fourth-order valence-corrected chi connectivity index (χ4v) is 5.46. The Morgan fingerprint density at radius 2 is 1.61 bits per heavy atom. The molecule has 2 N–H and O–H groups in total. The molecule has 2 fully saturated rings. The molecule has 186 valence electrons. The van der Waals surface area contributed by atoms with Crippen LogP contribution in [0.1, 0.15) is 36.0 Å². The van der Waals surface area contributed by atoms with E-state index in [1.807, 2.05) is 31.7 Å². The largest absolute Gasteiger partial charge is 0.490 e. The summed E-state index contributed by atoms with van der Waals surface area (Å²) in [6, 6.07) is 3.74. The number of hydrogen-bond donors (Lipinski definition) is 2. The van der Waals surface area contributed by atoms with Gasteiger partial charge in [-0.15, -0.1) is 0 Å². The Morgan fingerprint density at radius 3 is 2.09 bits per heavy atom. The quantitative estimate of drug-likeness (QED) is 0.630. The van der Waals surface area contributed by atoms with Crippen LogP contribution in [0.3, 0.4) is 0 Å². The van der Waals surface area contributed by atoms with E-state index in [0.29, 0.717) is 18.0 Å². The molecule has 0 atom stereocenters. The second kappa shape index (κ2) is 10.8. The van der Waals surface area contributed by atoms with Gasteiger partial charge in [-0.25, -0.2) is 13.2 Å². The number of halogens is 3. The number of aliphatic carboxylic acids is 1. The lowest BCUT2D eigenvalue weighted by atomic mass is 10.1. The maximum absolute atomic E-state index is 13.3. The number of aryl methyl sites for hydroxylation is 3. The normalized spacial score (nSPS) is 16.9. The molecule has 1 saturated carbocycles. The topological polar surface area (TPSA) is 107 Å². The number of carbonyl (C=O) groups excluding carboxylic acids is 1. The third kappa shape index (κ3) is 7.41. The number of hydrogen-bond acceptors (Lipinski definition) is 5. The number of carboxylic acid groups (broad SMARTS) is 1. The van der Waals surface area contributed by atoms with Crippen LogP contribution in [0.4, 0.5) is 13.2 Å². The van der Waals surface area contributed by atoms with Gasteiger partial charge in [0.1, 0.15) is 0 Å². The molecule has 0 bridgehead atoms. The number of nitrogens with zero attached hydrogens (tertiary/aromatic N) is 2. The molecule has 1 aliphatic heterocycles. The Labute approximate surface area is 191 Å². The predicted octanol–water partition coefficient (Wildman–Crippen LogP) is 2.22. The number of rotatable bonds is 6. The average Bonchev–Trinajstić information content (AvgIpc) is 3.56. The van der Waals surface area contributed by atoms with Crippen LogP contribution in [0.2, 0.25) is 0 Å². The fourth-order valence-electron chi connectivity index (χ4n) is 3.48. The number of piperazine rings is 1. The van der Waals surface area contributed by atoms with Crippen LogP contribution in [-0.2, 0) is 19.6 Å². The molecule has 1 aromatic rings. The molecule has 2 aliphatic rings. The van der Waals surface area contributed by atoms with Crippen molar-refractivity contribution >= 4 is 21.9 Å². The van der Waals surface area contributed by atoms with Crippen molar-refractivity contribution in [3.05, 3.63) is 28.8 Å². The Morgan fingerprint density at radius 1 is 1.09 bits per heavy atom. The third-order valence-electron chi connectivity index (χ3n) is 5.59. The highest BCUT2D eigenvalue weighted by atomic mass is 32.2. The van der Waals surface area contributed by atoms with Crippen molar-refractivity contribution in [3.63, 3.8) is 0 Å². The minimum absolute atomic E-state index is 0.0387. The molecule has 1 saturated heterocycles. The smallest absolute Gasteiger partial charge is 0.475 e. The third-order valence-corrected chi connectivity index (χ3v) is 7.68. The zero-order valence-corrected chi connectivity index (χ0v) is 19.7. The van der Waals surface area contributed by atoms with Crippen LogP contribution in [0.25, 0.3) is 0 Å². The molecule has 0 aromatic heterocycles. The van der Waals surface area contributed by atoms with Gasteiger partial charge in [0.15, 0.2) is 0 Å². The summed E-state index contributed by atoms with van der Waals surface area (Å²) in [5.41, 5.74) is 2.84. The Kier molecular flexibility index (Phi) is 8.88. The first-order chi connectivity index (χ1) is 15.2. The lowest BCUT2D eigenvalue weighted by molar-refractivity contribution is -0.192. The Bertz CT molecular complexity index is 972. The summed E-state index contributed by atoms with van der Waals surface area (Å²) in [5, 5.41) is 10.3. The zero-order chi connectivity index (χ0) is 25.0. The molecule has 1 heterocycles. The number of amides is 1. The molecule has 0 radical (unpaired) electrons. The first-order valence-corrected chi connectivity index (χ1v) is 12.1. The van der Waals surface area contributed by atoms with Gasteiger partial charge in [0.2, 0.25) is 15.9 Å². The van der Waals surface area contributed by atoms with E-state index in [9.17, 15) is 26.4 Å². The molecule has 1 amide bonds. The van der Waals surface area contributed by atoms with E-state index in [1.54, 1.807) is 10.4 Å². The molecule has 8 nitrogen and oxygen atoms in total. The summed E-state index contributed by atoms with van der Waals surface area (Å²) in [5.74, 6) is -2.71. The highest BCUT2D eigenvalue weighted by molar-refractivity contribution is 7.89. The molecule has 3 rings (SSSR count). The summed E-state index contributed by atoms with van der Waals surface area (Å²) in [6.07, 6.45) is -3.07. The Hall–Kier alpha value is -2.18. The first kappa shape index (κ1) is 27.1. The summed E-state index contributed by atoms with van der Waals surface area (Å²) in [7, 11) is -3.58. The SMILES string of the molecule is Cc1cc(C)c(S(=O)(=O)N(CCC(=O)N2CCNCC2)C2CC2)cc1C.O=C(O)C(F)(F)F. The number of alkyl halides is 3. The highest BCUT2D eigenvalue weighted by Gasteiger charge is 2.39. The van der Waals surface area contributed by atoms with Crippen LogP contribution in [-0.4, -0.2) is 79.5 Å². The van der Waals surface area contributed by atoms with Gasteiger partial charge >= 0.3 is 12.1 Å². The fraction of sp³-hybridized carbons (Fsp3) is 0.619. The molecule has 0 unspecified atom stereocenters. The highest BCUT2D eigenvalue weighted by Crippen LogP contribution is 2.34. The average molecular weight is 494 g/mol. The number of sulfonamides is 1. The van der Waals surface area contributed by atoms with Crippen LogP contribution in [0.5, 0.6) is 0 Å². The minimum Gasteiger partial charge on any atom is -0.475 e. The van der Waals surface area contributed by atoms with Gasteiger partial charge in [0.05, 0.1) is 4.90 Å². The molecule has 33 heavy (non-hydrogen) atoms. The summed E-state index contributed by atoms with van der Waals surface area (Å²) in [4.78, 5) is 23.6. The minimum atomic E-state index is -5.08. The van der Waals surface area contributed by atoms with Crippen molar-refractivity contribution in [2.75, 3.05) is 32.7 Å². The van der Waals surface area contributed by atoms with Gasteiger partial charge in [0, 0.05) is 45.2 Å². The zero-order valence-electron chi connectivity index (χ0n) is 18.9. The van der Waals surface area contributed by atoms with Crippen molar-refractivity contribution in [2.24, 2.45) is 0 Å². The summed E-state index contributed by atoms with van der Waals surface area (Å²) < 4.78 is 59.9. The van der Waals surface area contributed by atoms with Crippen LogP contribution in [0.15, 0.2) is 17.0 Å². The second-order valence-corrected chi connectivity index (χ2v) is 10.1. The standard InChI is InChI=1S/C19H29N3O3S.C2HF3O2/c1-14-12-16(3)18(13-15(14)2)26(24,25)22(17-4-5-17)9-6-19(23)21-10-7-20-8-11-21;3-2(4,5)1(6)7/h12-13,17,20H,4-11H2,1-3H3;(H,6,7). The van der Waals surface area contributed by atoms with Crippen molar-refractivity contribution in [1.82, 2.24) is 14.5 Å². The molecule has 0 spiro atoms. The van der Waals surface area contributed by atoms with Crippen molar-refractivity contribution in [2.45, 2.75) is 57.1 Å². The second-order valence-electron chi connectivity index (χ2n) is 8.23. The number of carbonyl (C=O) groups is 2.